The normalized spacial score (nSPS) is 12.4. The monoisotopic (exact) mass is 209 g/mol. The van der Waals surface area contributed by atoms with Crippen molar-refractivity contribution in [2.45, 2.75) is 33.6 Å². The van der Waals surface area contributed by atoms with Crippen LogP contribution in [0, 0.1) is 5.41 Å². The van der Waals surface area contributed by atoms with E-state index in [-0.39, 0.29) is 0 Å². The summed E-state index contributed by atoms with van der Waals surface area (Å²) < 4.78 is 28.0. The standard InChI is InChI=1S/C10H21F2NO/c1-10(2,3)4-5-13-6-7-14-8-9(11)12/h9,13H,4-8H2,1-3H3. The van der Waals surface area contributed by atoms with Gasteiger partial charge in [-0.1, -0.05) is 20.8 Å². The van der Waals surface area contributed by atoms with E-state index in [0.29, 0.717) is 18.6 Å². The molecule has 0 aliphatic heterocycles. The minimum absolute atomic E-state index is 0.316. The number of alkyl halides is 2. The molecular formula is C10H21F2NO. The highest BCUT2D eigenvalue weighted by molar-refractivity contribution is 4.62. The largest absolute Gasteiger partial charge is 0.374 e. The first-order valence-corrected chi connectivity index (χ1v) is 4.98. The van der Waals surface area contributed by atoms with Crippen molar-refractivity contribution in [3.63, 3.8) is 0 Å². The summed E-state index contributed by atoms with van der Waals surface area (Å²) in [5.41, 5.74) is 0.316. The SMILES string of the molecule is CC(C)(C)CCNCCOCC(F)F. The number of halogens is 2. The van der Waals surface area contributed by atoms with Crippen LogP contribution < -0.4 is 5.32 Å². The van der Waals surface area contributed by atoms with Gasteiger partial charge in [-0.25, -0.2) is 8.78 Å². The predicted octanol–water partition coefficient (Wildman–Crippen LogP) is 2.29. The van der Waals surface area contributed by atoms with Gasteiger partial charge in [-0.2, -0.15) is 0 Å². The van der Waals surface area contributed by atoms with Crippen molar-refractivity contribution in [3.05, 3.63) is 0 Å². The topological polar surface area (TPSA) is 21.3 Å². The Kier molecular flexibility index (Phi) is 7.01. The molecule has 0 radical (unpaired) electrons. The Morgan fingerprint density at radius 2 is 1.86 bits per heavy atom. The highest BCUT2D eigenvalue weighted by atomic mass is 19.3. The van der Waals surface area contributed by atoms with Crippen LogP contribution in [0.5, 0.6) is 0 Å². The molecule has 0 fully saturated rings. The first kappa shape index (κ1) is 13.8. The van der Waals surface area contributed by atoms with Crippen molar-refractivity contribution >= 4 is 0 Å². The fraction of sp³-hybridized carbons (Fsp3) is 1.00. The molecule has 0 spiro atoms. The van der Waals surface area contributed by atoms with E-state index < -0.39 is 13.0 Å². The Bertz CT molecular complexity index is 135. The predicted molar refractivity (Wildman–Crippen MR) is 53.8 cm³/mol. The number of nitrogens with one attached hydrogen (secondary N) is 1. The number of hydrogen-bond donors (Lipinski definition) is 1. The summed E-state index contributed by atoms with van der Waals surface area (Å²) in [6, 6.07) is 0. The Morgan fingerprint density at radius 1 is 1.21 bits per heavy atom. The molecule has 0 unspecified atom stereocenters. The molecule has 4 heteroatoms. The van der Waals surface area contributed by atoms with E-state index in [1.165, 1.54) is 0 Å². The van der Waals surface area contributed by atoms with Gasteiger partial charge in [0.15, 0.2) is 0 Å². The molecule has 0 saturated carbocycles. The second-order valence-corrected chi connectivity index (χ2v) is 4.53. The molecule has 14 heavy (non-hydrogen) atoms. The molecule has 0 atom stereocenters. The highest BCUT2D eigenvalue weighted by Gasteiger charge is 2.08. The number of ether oxygens (including phenoxy) is 1. The van der Waals surface area contributed by atoms with Crippen molar-refractivity contribution in [2.24, 2.45) is 5.41 Å². The van der Waals surface area contributed by atoms with Crippen molar-refractivity contribution in [1.82, 2.24) is 5.32 Å². The molecule has 0 aliphatic rings. The maximum Gasteiger partial charge on any atom is 0.261 e. The van der Waals surface area contributed by atoms with Crippen molar-refractivity contribution in [2.75, 3.05) is 26.3 Å². The van der Waals surface area contributed by atoms with E-state index in [0.717, 1.165) is 13.0 Å². The van der Waals surface area contributed by atoms with Crippen molar-refractivity contribution in [3.8, 4) is 0 Å². The molecule has 86 valence electrons. The molecule has 0 heterocycles. The Labute approximate surface area is 85.0 Å². The van der Waals surface area contributed by atoms with Gasteiger partial charge in [-0.15, -0.1) is 0 Å². The lowest BCUT2D eigenvalue weighted by Gasteiger charge is -2.17. The van der Waals surface area contributed by atoms with Crippen LogP contribution in [0.25, 0.3) is 0 Å². The summed E-state index contributed by atoms with van der Waals surface area (Å²) in [5.74, 6) is 0. The molecule has 1 N–H and O–H groups in total. The van der Waals surface area contributed by atoms with Crippen LogP contribution in [0.1, 0.15) is 27.2 Å². The maximum atomic E-state index is 11.6. The molecule has 0 aromatic rings. The third-order valence-corrected chi connectivity index (χ3v) is 1.72. The Hall–Kier alpha value is -0.220. The average Bonchev–Trinajstić information content (AvgIpc) is 2.00. The third-order valence-electron chi connectivity index (χ3n) is 1.72. The fourth-order valence-corrected chi connectivity index (χ4v) is 0.905. The van der Waals surface area contributed by atoms with Crippen molar-refractivity contribution in [1.29, 1.82) is 0 Å². The lowest BCUT2D eigenvalue weighted by Crippen LogP contribution is -2.24. The molecule has 0 amide bonds. The molecule has 0 rings (SSSR count). The van der Waals surface area contributed by atoms with E-state index >= 15 is 0 Å². The second kappa shape index (κ2) is 7.12. The summed E-state index contributed by atoms with van der Waals surface area (Å²) in [4.78, 5) is 0. The lowest BCUT2D eigenvalue weighted by molar-refractivity contribution is 0.0187. The fourth-order valence-electron chi connectivity index (χ4n) is 0.905. The zero-order chi connectivity index (χ0) is 11.0. The molecular weight excluding hydrogens is 188 g/mol. The van der Waals surface area contributed by atoms with Gasteiger partial charge in [0.2, 0.25) is 0 Å². The molecule has 0 aromatic heterocycles. The zero-order valence-corrected chi connectivity index (χ0v) is 9.28. The highest BCUT2D eigenvalue weighted by Crippen LogP contribution is 2.16. The minimum atomic E-state index is -2.36. The number of hydrogen-bond acceptors (Lipinski definition) is 2. The van der Waals surface area contributed by atoms with E-state index in [4.69, 9.17) is 4.74 Å². The smallest absolute Gasteiger partial charge is 0.261 e. The minimum Gasteiger partial charge on any atom is -0.374 e. The quantitative estimate of drug-likeness (QED) is 0.650. The van der Waals surface area contributed by atoms with Gasteiger partial charge in [-0.3, -0.25) is 0 Å². The summed E-state index contributed by atoms with van der Waals surface area (Å²) in [6.07, 6.45) is -1.29. The molecule has 0 aliphatic carbocycles. The third kappa shape index (κ3) is 11.8. The number of rotatable bonds is 7. The van der Waals surface area contributed by atoms with Crippen LogP contribution in [-0.2, 0) is 4.74 Å². The lowest BCUT2D eigenvalue weighted by atomic mass is 9.92. The van der Waals surface area contributed by atoms with Crippen molar-refractivity contribution < 1.29 is 13.5 Å². The van der Waals surface area contributed by atoms with E-state index in [9.17, 15) is 8.78 Å². The van der Waals surface area contributed by atoms with Crippen LogP contribution >= 0.6 is 0 Å². The van der Waals surface area contributed by atoms with E-state index in [2.05, 4.69) is 26.1 Å². The Balaban J connectivity index is 3.07. The van der Waals surface area contributed by atoms with E-state index in [1.54, 1.807) is 0 Å². The molecule has 0 bridgehead atoms. The van der Waals surface area contributed by atoms with Gasteiger partial charge >= 0.3 is 0 Å². The van der Waals surface area contributed by atoms with Gasteiger partial charge in [0, 0.05) is 6.54 Å². The first-order valence-electron chi connectivity index (χ1n) is 4.98. The first-order chi connectivity index (χ1) is 6.42. The van der Waals surface area contributed by atoms with Gasteiger partial charge in [0.1, 0.15) is 6.61 Å². The Morgan fingerprint density at radius 3 is 2.36 bits per heavy atom. The van der Waals surface area contributed by atoms with Crippen LogP contribution in [0.15, 0.2) is 0 Å². The zero-order valence-electron chi connectivity index (χ0n) is 9.28. The summed E-state index contributed by atoms with van der Waals surface area (Å²) in [6.45, 7) is 7.95. The summed E-state index contributed by atoms with van der Waals surface area (Å²) in [5, 5.41) is 3.15. The van der Waals surface area contributed by atoms with E-state index in [1.807, 2.05) is 0 Å². The summed E-state index contributed by atoms with van der Waals surface area (Å²) in [7, 11) is 0. The molecule has 0 saturated heterocycles. The van der Waals surface area contributed by atoms with Crippen LogP contribution in [0.4, 0.5) is 8.78 Å². The average molecular weight is 209 g/mol. The van der Waals surface area contributed by atoms with Crippen LogP contribution in [0.3, 0.4) is 0 Å². The maximum absolute atomic E-state index is 11.6. The van der Waals surface area contributed by atoms with Gasteiger partial charge in [0.05, 0.1) is 6.61 Å². The van der Waals surface area contributed by atoms with Gasteiger partial charge in [-0.05, 0) is 18.4 Å². The molecule has 2 nitrogen and oxygen atoms in total. The molecule has 0 aromatic carbocycles. The van der Waals surface area contributed by atoms with Crippen LogP contribution in [0.2, 0.25) is 0 Å². The summed E-state index contributed by atoms with van der Waals surface area (Å²) >= 11 is 0. The van der Waals surface area contributed by atoms with Gasteiger partial charge < -0.3 is 10.1 Å². The van der Waals surface area contributed by atoms with Crippen LogP contribution in [-0.4, -0.2) is 32.7 Å². The second-order valence-electron chi connectivity index (χ2n) is 4.53. The van der Waals surface area contributed by atoms with Gasteiger partial charge in [0.25, 0.3) is 6.43 Å².